The molecule has 3 nitrogen and oxygen atoms in total. The second-order valence-electron chi connectivity index (χ2n) is 3.60. The van der Waals surface area contributed by atoms with Crippen molar-refractivity contribution >= 4 is 17.6 Å². The van der Waals surface area contributed by atoms with Gasteiger partial charge in [0.25, 0.3) is 0 Å². The molecule has 1 rings (SSSR count). The van der Waals surface area contributed by atoms with Gasteiger partial charge in [0, 0.05) is 0 Å². The van der Waals surface area contributed by atoms with Crippen LogP contribution in [0.2, 0.25) is 5.02 Å². The van der Waals surface area contributed by atoms with Gasteiger partial charge in [0.15, 0.2) is 0 Å². The van der Waals surface area contributed by atoms with Crippen LogP contribution in [0.1, 0.15) is 30.9 Å². The van der Waals surface area contributed by atoms with Gasteiger partial charge in [-0.15, -0.1) is 0 Å². The Labute approximate surface area is 100.0 Å². The Bertz CT molecular complexity index is 401. The molecule has 1 unspecified atom stereocenters. The molecule has 0 aliphatic carbocycles. The van der Waals surface area contributed by atoms with E-state index in [4.69, 9.17) is 21.4 Å². The first kappa shape index (κ1) is 12.8. The van der Waals surface area contributed by atoms with Gasteiger partial charge in [-0.1, -0.05) is 18.5 Å². The molecule has 0 amide bonds. The highest BCUT2D eigenvalue weighted by atomic mass is 35.5. The predicted octanol–water partition coefficient (Wildman–Crippen LogP) is 3.10. The third kappa shape index (κ3) is 2.47. The van der Waals surface area contributed by atoms with Crippen LogP contribution < -0.4 is 4.74 Å². The first-order valence-corrected chi connectivity index (χ1v) is 5.48. The molecule has 1 atom stereocenters. The maximum absolute atomic E-state index is 11.0. The second-order valence-corrected chi connectivity index (χ2v) is 4.01. The number of ether oxygens (including phenoxy) is 1. The van der Waals surface area contributed by atoms with Crippen molar-refractivity contribution in [3.8, 4) is 5.75 Å². The van der Waals surface area contributed by atoms with Crippen molar-refractivity contribution in [3.05, 3.63) is 28.3 Å². The van der Waals surface area contributed by atoms with Crippen molar-refractivity contribution in [2.24, 2.45) is 0 Å². The Kier molecular flexibility index (Phi) is 4.19. The summed E-state index contributed by atoms with van der Waals surface area (Å²) in [5, 5.41) is 9.45. The normalized spacial score (nSPS) is 12.2. The molecular weight excluding hydrogens is 228 g/mol. The molecule has 1 aromatic rings. The van der Waals surface area contributed by atoms with E-state index in [1.165, 1.54) is 0 Å². The van der Waals surface area contributed by atoms with Gasteiger partial charge >= 0.3 is 5.97 Å². The van der Waals surface area contributed by atoms with Crippen molar-refractivity contribution in [2.75, 3.05) is 7.11 Å². The van der Waals surface area contributed by atoms with E-state index in [1.54, 1.807) is 26.2 Å². The molecule has 88 valence electrons. The number of benzene rings is 1. The standard InChI is InChI=1S/C12H15ClO3/c1-4-8-5-11(16-3)10(13)6-9(8)7(2)12(14)15/h5-7H,4H2,1-3H3,(H,14,15). The molecule has 16 heavy (non-hydrogen) atoms. The Morgan fingerprint density at radius 1 is 1.56 bits per heavy atom. The Morgan fingerprint density at radius 3 is 2.62 bits per heavy atom. The first-order chi connectivity index (χ1) is 7.51. The molecule has 0 aliphatic rings. The SMILES string of the molecule is CCc1cc(OC)c(Cl)cc1C(C)C(=O)O. The minimum Gasteiger partial charge on any atom is -0.495 e. The number of carboxylic acid groups (broad SMARTS) is 1. The molecule has 0 fully saturated rings. The first-order valence-electron chi connectivity index (χ1n) is 5.10. The van der Waals surface area contributed by atoms with Crippen LogP contribution >= 0.6 is 11.6 Å². The number of carboxylic acids is 1. The van der Waals surface area contributed by atoms with Gasteiger partial charge in [0.05, 0.1) is 18.1 Å². The minimum atomic E-state index is -0.851. The summed E-state index contributed by atoms with van der Waals surface area (Å²) >= 11 is 5.99. The fraction of sp³-hybridized carbons (Fsp3) is 0.417. The van der Waals surface area contributed by atoms with E-state index >= 15 is 0 Å². The summed E-state index contributed by atoms with van der Waals surface area (Å²) in [5.41, 5.74) is 1.71. The van der Waals surface area contributed by atoms with Gasteiger partial charge in [0.2, 0.25) is 0 Å². The zero-order valence-electron chi connectivity index (χ0n) is 9.58. The molecule has 0 aromatic heterocycles. The third-order valence-corrected chi connectivity index (χ3v) is 2.93. The lowest BCUT2D eigenvalue weighted by Gasteiger charge is -2.14. The second kappa shape index (κ2) is 5.21. The number of aryl methyl sites for hydroxylation is 1. The van der Waals surface area contributed by atoms with Crippen LogP contribution in [0, 0.1) is 0 Å². The third-order valence-electron chi connectivity index (χ3n) is 2.63. The van der Waals surface area contributed by atoms with Gasteiger partial charge in [-0.2, -0.15) is 0 Å². The number of halogens is 1. The van der Waals surface area contributed by atoms with Gasteiger partial charge in [-0.05, 0) is 36.6 Å². The molecule has 0 saturated carbocycles. The van der Waals surface area contributed by atoms with Crippen LogP contribution in [0.25, 0.3) is 0 Å². The van der Waals surface area contributed by atoms with E-state index < -0.39 is 11.9 Å². The largest absolute Gasteiger partial charge is 0.495 e. The molecule has 0 bridgehead atoms. The van der Waals surface area contributed by atoms with Crippen molar-refractivity contribution < 1.29 is 14.6 Å². The van der Waals surface area contributed by atoms with E-state index in [-0.39, 0.29) is 0 Å². The summed E-state index contributed by atoms with van der Waals surface area (Å²) < 4.78 is 5.10. The summed E-state index contributed by atoms with van der Waals surface area (Å²) in [6.45, 7) is 3.63. The van der Waals surface area contributed by atoms with Crippen molar-refractivity contribution in [1.82, 2.24) is 0 Å². The number of hydrogen-bond acceptors (Lipinski definition) is 2. The average molecular weight is 243 g/mol. The van der Waals surface area contributed by atoms with Gasteiger partial charge in [-0.3, -0.25) is 4.79 Å². The molecule has 1 N–H and O–H groups in total. The Balaban J connectivity index is 3.28. The summed E-state index contributed by atoms with van der Waals surface area (Å²) in [7, 11) is 1.54. The molecule has 0 radical (unpaired) electrons. The highest BCUT2D eigenvalue weighted by molar-refractivity contribution is 6.32. The molecule has 0 aliphatic heterocycles. The number of aliphatic carboxylic acids is 1. The predicted molar refractivity (Wildman–Crippen MR) is 63.4 cm³/mol. The summed E-state index contributed by atoms with van der Waals surface area (Å²) in [4.78, 5) is 11.0. The highest BCUT2D eigenvalue weighted by Crippen LogP contribution is 2.32. The summed E-state index contributed by atoms with van der Waals surface area (Å²) in [5.74, 6) is -0.825. The fourth-order valence-corrected chi connectivity index (χ4v) is 1.86. The Hall–Kier alpha value is -1.22. The molecule has 1 aromatic carbocycles. The van der Waals surface area contributed by atoms with E-state index in [1.807, 2.05) is 6.92 Å². The van der Waals surface area contributed by atoms with Crippen LogP contribution in [0.15, 0.2) is 12.1 Å². The van der Waals surface area contributed by atoms with Gasteiger partial charge in [-0.25, -0.2) is 0 Å². The lowest BCUT2D eigenvalue weighted by atomic mass is 9.94. The van der Waals surface area contributed by atoms with E-state index in [9.17, 15) is 4.79 Å². The zero-order chi connectivity index (χ0) is 12.3. The Morgan fingerprint density at radius 2 is 2.19 bits per heavy atom. The highest BCUT2D eigenvalue weighted by Gasteiger charge is 2.18. The van der Waals surface area contributed by atoms with Gasteiger partial charge in [0.1, 0.15) is 5.75 Å². The van der Waals surface area contributed by atoms with E-state index in [0.717, 1.165) is 17.5 Å². The number of methoxy groups -OCH3 is 1. The summed E-state index contributed by atoms with van der Waals surface area (Å²) in [6.07, 6.45) is 0.750. The lowest BCUT2D eigenvalue weighted by molar-refractivity contribution is -0.138. The summed E-state index contributed by atoms with van der Waals surface area (Å²) in [6, 6.07) is 3.48. The van der Waals surface area contributed by atoms with Crippen LogP contribution in [0.3, 0.4) is 0 Å². The number of carbonyl (C=O) groups is 1. The van der Waals surface area contributed by atoms with Crippen LogP contribution in [0.5, 0.6) is 5.75 Å². The maximum Gasteiger partial charge on any atom is 0.310 e. The van der Waals surface area contributed by atoms with E-state index in [2.05, 4.69) is 0 Å². The lowest BCUT2D eigenvalue weighted by Crippen LogP contribution is -2.10. The van der Waals surface area contributed by atoms with Crippen molar-refractivity contribution in [3.63, 3.8) is 0 Å². The topological polar surface area (TPSA) is 46.5 Å². The molecule has 4 heteroatoms. The minimum absolute atomic E-state index is 0.447. The van der Waals surface area contributed by atoms with Crippen LogP contribution in [0.4, 0.5) is 0 Å². The zero-order valence-corrected chi connectivity index (χ0v) is 10.3. The fourth-order valence-electron chi connectivity index (χ4n) is 1.61. The van der Waals surface area contributed by atoms with Crippen molar-refractivity contribution in [1.29, 1.82) is 0 Å². The monoisotopic (exact) mass is 242 g/mol. The van der Waals surface area contributed by atoms with Crippen molar-refractivity contribution in [2.45, 2.75) is 26.2 Å². The number of rotatable bonds is 4. The maximum atomic E-state index is 11.0. The number of hydrogen-bond donors (Lipinski definition) is 1. The molecule has 0 saturated heterocycles. The van der Waals surface area contributed by atoms with E-state index in [0.29, 0.717) is 10.8 Å². The molecule has 0 spiro atoms. The smallest absolute Gasteiger partial charge is 0.310 e. The van der Waals surface area contributed by atoms with Gasteiger partial charge < -0.3 is 9.84 Å². The van der Waals surface area contributed by atoms with Crippen LogP contribution in [-0.4, -0.2) is 18.2 Å². The average Bonchev–Trinajstić information content (AvgIpc) is 2.27. The molecule has 0 heterocycles. The van der Waals surface area contributed by atoms with Crippen LogP contribution in [-0.2, 0) is 11.2 Å². The quantitative estimate of drug-likeness (QED) is 0.883. The molecular formula is C12H15ClO3.